The molecule has 2 N–H and O–H groups in total. The van der Waals surface area contributed by atoms with Gasteiger partial charge in [-0.2, -0.15) is 0 Å². The quantitative estimate of drug-likeness (QED) is 0.874. The fraction of sp³-hybridized carbons (Fsp3) is 0.684. The van der Waals surface area contributed by atoms with Crippen LogP contribution in [-0.4, -0.2) is 36.9 Å². The fourth-order valence-electron chi connectivity index (χ4n) is 3.16. The van der Waals surface area contributed by atoms with E-state index in [4.69, 9.17) is 4.74 Å². The van der Waals surface area contributed by atoms with Gasteiger partial charge in [0.2, 0.25) is 0 Å². The number of ether oxygens (including phenoxy) is 1. The van der Waals surface area contributed by atoms with Gasteiger partial charge in [0.15, 0.2) is 0 Å². The van der Waals surface area contributed by atoms with Crippen molar-refractivity contribution in [2.45, 2.75) is 64.5 Å². The van der Waals surface area contributed by atoms with Crippen LogP contribution in [0.2, 0.25) is 0 Å². The average Bonchev–Trinajstić information content (AvgIpc) is 2.47. The van der Waals surface area contributed by atoms with E-state index in [1.54, 1.807) is 0 Å². The first-order chi connectivity index (χ1) is 10.4. The highest BCUT2D eigenvalue weighted by molar-refractivity contribution is 5.31. The Bertz CT molecular complexity index is 449. The van der Waals surface area contributed by atoms with Gasteiger partial charge in [-0.15, -0.1) is 0 Å². The molecule has 1 saturated heterocycles. The molecule has 0 radical (unpaired) electrons. The molecule has 1 fully saturated rings. The summed E-state index contributed by atoms with van der Waals surface area (Å²) < 4.78 is 5.75. The van der Waals surface area contributed by atoms with Crippen LogP contribution in [-0.2, 0) is 5.41 Å². The summed E-state index contributed by atoms with van der Waals surface area (Å²) in [7, 11) is 0. The Hall–Kier alpha value is -1.06. The van der Waals surface area contributed by atoms with E-state index in [-0.39, 0.29) is 5.41 Å². The van der Waals surface area contributed by atoms with Crippen molar-refractivity contribution in [2.24, 2.45) is 0 Å². The van der Waals surface area contributed by atoms with Gasteiger partial charge >= 0.3 is 0 Å². The number of hydrogen-bond donors (Lipinski definition) is 2. The van der Waals surface area contributed by atoms with Crippen molar-refractivity contribution in [1.29, 1.82) is 0 Å². The normalized spacial score (nSPS) is 24.0. The average molecular weight is 306 g/mol. The van der Waals surface area contributed by atoms with Crippen LogP contribution in [0.1, 0.15) is 52.5 Å². The summed E-state index contributed by atoms with van der Waals surface area (Å²) in [4.78, 5) is 1.52. The highest BCUT2D eigenvalue weighted by Gasteiger charge is 2.24. The van der Waals surface area contributed by atoms with Crippen molar-refractivity contribution in [3.05, 3.63) is 29.8 Å². The van der Waals surface area contributed by atoms with Crippen molar-refractivity contribution >= 4 is 0 Å². The zero-order valence-corrected chi connectivity index (χ0v) is 14.6. The predicted octanol–water partition coefficient (Wildman–Crippen LogP) is 2.18. The third kappa shape index (κ3) is 4.99. The molecule has 1 aliphatic heterocycles. The number of hydrogen-bond acceptors (Lipinski definition) is 2. The third-order valence-electron chi connectivity index (χ3n) is 4.74. The molecule has 1 aromatic rings. The van der Waals surface area contributed by atoms with Crippen molar-refractivity contribution < 1.29 is 14.7 Å². The summed E-state index contributed by atoms with van der Waals surface area (Å²) in [5, 5.41) is 10.2. The van der Waals surface area contributed by atoms with Crippen LogP contribution in [0.25, 0.3) is 0 Å². The Balaban J connectivity index is 1.79. The minimum atomic E-state index is -0.391. The van der Waals surface area contributed by atoms with E-state index in [1.165, 1.54) is 36.3 Å². The van der Waals surface area contributed by atoms with Crippen LogP contribution < -0.4 is 9.64 Å². The molecule has 1 aromatic carbocycles. The lowest BCUT2D eigenvalue weighted by Crippen LogP contribution is -3.17. The van der Waals surface area contributed by atoms with Gasteiger partial charge in [0.05, 0.1) is 12.6 Å². The van der Waals surface area contributed by atoms with Crippen LogP contribution in [0, 0.1) is 0 Å². The molecule has 1 heterocycles. The molecule has 2 rings (SSSR count). The molecular weight excluding hydrogens is 274 g/mol. The first-order valence-corrected chi connectivity index (χ1v) is 8.62. The van der Waals surface area contributed by atoms with Crippen LogP contribution in [0.5, 0.6) is 5.75 Å². The second kappa shape index (κ2) is 7.47. The highest BCUT2D eigenvalue weighted by Crippen LogP contribution is 2.24. The molecule has 3 heteroatoms. The molecule has 0 aromatic heterocycles. The second-order valence-electron chi connectivity index (χ2n) is 7.75. The maximum Gasteiger partial charge on any atom is 0.137 e. The SMILES string of the molecule is C[C@H]1CCCC[NH+]1C[C@H](O)COc1ccc(C(C)(C)C)cc1. The zero-order chi connectivity index (χ0) is 16.2. The van der Waals surface area contributed by atoms with Crippen molar-refractivity contribution in [1.82, 2.24) is 0 Å². The van der Waals surface area contributed by atoms with Gasteiger partial charge in [-0.25, -0.2) is 0 Å². The number of piperidine rings is 1. The number of benzene rings is 1. The molecular formula is C19H32NO2+. The van der Waals surface area contributed by atoms with Crippen LogP contribution in [0.3, 0.4) is 0 Å². The Morgan fingerprint density at radius 2 is 1.91 bits per heavy atom. The van der Waals surface area contributed by atoms with E-state index in [2.05, 4.69) is 39.8 Å². The predicted molar refractivity (Wildman–Crippen MR) is 90.7 cm³/mol. The van der Waals surface area contributed by atoms with Crippen LogP contribution in [0.4, 0.5) is 0 Å². The van der Waals surface area contributed by atoms with Gasteiger partial charge in [-0.1, -0.05) is 32.9 Å². The summed E-state index contributed by atoms with van der Waals surface area (Å²) in [6.45, 7) is 11.2. The van der Waals surface area contributed by atoms with Crippen LogP contribution >= 0.6 is 0 Å². The number of aliphatic hydroxyl groups is 1. The molecule has 0 spiro atoms. The summed E-state index contributed by atoms with van der Waals surface area (Å²) >= 11 is 0. The second-order valence-corrected chi connectivity index (χ2v) is 7.75. The topological polar surface area (TPSA) is 33.9 Å². The third-order valence-corrected chi connectivity index (χ3v) is 4.74. The smallest absolute Gasteiger partial charge is 0.137 e. The zero-order valence-electron chi connectivity index (χ0n) is 14.6. The molecule has 3 atom stereocenters. The Morgan fingerprint density at radius 3 is 2.50 bits per heavy atom. The van der Waals surface area contributed by atoms with Gasteiger partial charge in [0.1, 0.15) is 25.0 Å². The summed E-state index contributed by atoms with van der Waals surface area (Å²) in [6, 6.07) is 8.89. The summed E-state index contributed by atoms with van der Waals surface area (Å²) in [5.41, 5.74) is 1.46. The van der Waals surface area contributed by atoms with Crippen LogP contribution in [0.15, 0.2) is 24.3 Å². The first-order valence-electron chi connectivity index (χ1n) is 8.62. The van der Waals surface area contributed by atoms with E-state index >= 15 is 0 Å². The monoisotopic (exact) mass is 306 g/mol. The van der Waals surface area contributed by atoms with Crippen molar-refractivity contribution in [3.8, 4) is 5.75 Å². The molecule has 22 heavy (non-hydrogen) atoms. The lowest BCUT2D eigenvalue weighted by atomic mass is 9.87. The number of quaternary nitrogens is 1. The van der Waals surface area contributed by atoms with E-state index in [0.29, 0.717) is 12.6 Å². The number of likely N-dealkylation sites (tertiary alicyclic amines) is 1. The Labute approximate surface area is 135 Å². The number of rotatable bonds is 5. The van der Waals surface area contributed by atoms with E-state index in [9.17, 15) is 5.11 Å². The molecule has 1 unspecified atom stereocenters. The number of aliphatic hydroxyl groups excluding tert-OH is 1. The van der Waals surface area contributed by atoms with Gasteiger partial charge in [0, 0.05) is 0 Å². The Morgan fingerprint density at radius 1 is 1.23 bits per heavy atom. The minimum absolute atomic E-state index is 0.159. The van der Waals surface area contributed by atoms with Gasteiger partial charge < -0.3 is 14.7 Å². The van der Waals surface area contributed by atoms with Gasteiger partial charge in [-0.05, 0) is 49.3 Å². The molecule has 0 amide bonds. The minimum Gasteiger partial charge on any atom is -0.491 e. The molecule has 0 saturated carbocycles. The largest absolute Gasteiger partial charge is 0.491 e. The molecule has 1 aliphatic rings. The lowest BCUT2D eigenvalue weighted by Gasteiger charge is -2.31. The summed E-state index contributed by atoms with van der Waals surface area (Å²) in [5.74, 6) is 0.841. The standard InChI is InChI=1S/C19H31NO2/c1-15-7-5-6-12-20(15)13-17(21)14-22-18-10-8-16(9-11-18)19(2,3)4/h8-11,15,17,21H,5-7,12-14H2,1-4H3/p+1/t15-,17-/m0/s1. The Kier molecular flexibility index (Phi) is 5.87. The molecule has 0 aliphatic carbocycles. The summed E-state index contributed by atoms with van der Waals surface area (Å²) in [6.07, 6.45) is 3.49. The first kappa shape index (κ1) is 17.3. The van der Waals surface area contributed by atoms with Crippen molar-refractivity contribution in [3.63, 3.8) is 0 Å². The molecule has 124 valence electrons. The lowest BCUT2D eigenvalue weighted by molar-refractivity contribution is -0.931. The molecule has 3 nitrogen and oxygen atoms in total. The van der Waals surface area contributed by atoms with E-state index in [0.717, 1.165) is 12.3 Å². The van der Waals surface area contributed by atoms with E-state index < -0.39 is 6.10 Å². The fourth-order valence-corrected chi connectivity index (χ4v) is 3.16. The van der Waals surface area contributed by atoms with Gasteiger partial charge in [-0.3, -0.25) is 0 Å². The maximum absolute atomic E-state index is 10.2. The number of nitrogens with one attached hydrogen (secondary N) is 1. The highest BCUT2D eigenvalue weighted by atomic mass is 16.5. The van der Waals surface area contributed by atoms with Crippen molar-refractivity contribution in [2.75, 3.05) is 19.7 Å². The maximum atomic E-state index is 10.2. The molecule has 0 bridgehead atoms. The van der Waals surface area contributed by atoms with E-state index in [1.807, 2.05) is 12.1 Å². The van der Waals surface area contributed by atoms with Gasteiger partial charge in [0.25, 0.3) is 0 Å².